The third kappa shape index (κ3) is 4.24. The minimum Gasteiger partial charge on any atom is -0.324 e. The van der Waals surface area contributed by atoms with Crippen molar-refractivity contribution in [2.24, 2.45) is 5.92 Å². The maximum Gasteiger partial charge on any atom is 0.326 e. The highest BCUT2D eigenvalue weighted by Crippen LogP contribution is 2.42. The van der Waals surface area contributed by atoms with Gasteiger partial charge in [-0.3, -0.25) is 19.4 Å². The van der Waals surface area contributed by atoms with Crippen molar-refractivity contribution in [2.75, 3.05) is 44.7 Å². The van der Waals surface area contributed by atoms with Gasteiger partial charge in [0.05, 0.1) is 23.9 Å². The summed E-state index contributed by atoms with van der Waals surface area (Å²) in [5.74, 6) is 0.0322. The number of carbonyl (C=O) groups is 3. The summed E-state index contributed by atoms with van der Waals surface area (Å²) in [6.45, 7) is 5.18. The molecule has 1 atom stereocenters. The third-order valence-electron chi connectivity index (χ3n) is 6.02. The quantitative estimate of drug-likeness (QED) is 0.684. The molecule has 29 heavy (non-hydrogen) atoms. The van der Waals surface area contributed by atoms with Gasteiger partial charge in [-0.15, -0.1) is 0 Å². The number of para-hydroxylation sites is 1. The average Bonchev–Trinajstić information content (AvgIpc) is 3.51. The standard InChI is InChI=1S/C20H26ClN5O3/c1-20(14-6-7-14)18(28)26(19(29)23-20)13-25-10-8-24(9-11-25)12-17(27)22-16-5-3-2-4-15(16)21/h2-5,14H,6-13H2,1H3,(H,22,27)(H,23,29)/t20-/m1/s1. The Balaban J connectivity index is 1.24. The molecule has 1 aromatic carbocycles. The highest BCUT2D eigenvalue weighted by atomic mass is 35.5. The van der Waals surface area contributed by atoms with Crippen molar-refractivity contribution in [1.82, 2.24) is 20.0 Å². The summed E-state index contributed by atoms with van der Waals surface area (Å²) in [7, 11) is 0. The van der Waals surface area contributed by atoms with Gasteiger partial charge in [0.25, 0.3) is 5.91 Å². The fourth-order valence-electron chi connectivity index (χ4n) is 4.03. The van der Waals surface area contributed by atoms with Crippen molar-refractivity contribution in [2.45, 2.75) is 25.3 Å². The van der Waals surface area contributed by atoms with E-state index in [1.54, 1.807) is 12.1 Å². The number of imide groups is 1. The van der Waals surface area contributed by atoms with E-state index in [9.17, 15) is 14.4 Å². The number of rotatable bonds is 6. The smallest absolute Gasteiger partial charge is 0.324 e. The largest absolute Gasteiger partial charge is 0.326 e. The van der Waals surface area contributed by atoms with Gasteiger partial charge in [-0.25, -0.2) is 9.69 Å². The van der Waals surface area contributed by atoms with Gasteiger partial charge in [0.2, 0.25) is 5.91 Å². The summed E-state index contributed by atoms with van der Waals surface area (Å²) in [6, 6.07) is 6.84. The minimum atomic E-state index is -0.740. The number of anilines is 1. The molecule has 0 bridgehead atoms. The van der Waals surface area contributed by atoms with Crippen LogP contribution in [0.1, 0.15) is 19.8 Å². The molecule has 0 unspecified atom stereocenters. The molecule has 8 nitrogen and oxygen atoms in total. The topological polar surface area (TPSA) is 85.0 Å². The number of urea groups is 1. The van der Waals surface area contributed by atoms with Crippen LogP contribution >= 0.6 is 11.6 Å². The number of halogens is 1. The Hall–Kier alpha value is -2.16. The van der Waals surface area contributed by atoms with E-state index < -0.39 is 5.54 Å². The van der Waals surface area contributed by atoms with Crippen LogP contribution < -0.4 is 10.6 Å². The van der Waals surface area contributed by atoms with E-state index >= 15 is 0 Å². The highest BCUT2D eigenvalue weighted by molar-refractivity contribution is 6.33. The number of hydrogen-bond donors (Lipinski definition) is 2. The lowest BCUT2D eigenvalue weighted by Gasteiger charge is -2.35. The molecule has 1 aromatic rings. The third-order valence-corrected chi connectivity index (χ3v) is 6.35. The van der Waals surface area contributed by atoms with Gasteiger partial charge in [0, 0.05) is 26.2 Å². The molecule has 0 radical (unpaired) electrons. The second kappa shape index (κ2) is 7.93. The first-order valence-electron chi connectivity index (χ1n) is 10.00. The summed E-state index contributed by atoms with van der Waals surface area (Å²) in [5.41, 5.74) is -0.134. The zero-order chi connectivity index (χ0) is 20.6. The fourth-order valence-corrected chi connectivity index (χ4v) is 4.21. The van der Waals surface area contributed by atoms with Gasteiger partial charge in [0.1, 0.15) is 5.54 Å². The summed E-state index contributed by atoms with van der Waals surface area (Å²) in [6.07, 6.45) is 1.98. The zero-order valence-corrected chi connectivity index (χ0v) is 17.2. The number of nitrogens with zero attached hydrogens (tertiary/aromatic N) is 3. The molecule has 2 heterocycles. The molecule has 2 aliphatic heterocycles. The molecule has 2 N–H and O–H groups in total. The molecule has 4 amide bonds. The van der Waals surface area contributed by atoms with E-state index in [1.165, 1.54) is 4.90 Å². The van der Waals surface area contributed by atoms with Crippen LogP contribution in [0.25, 0.3) is 0 Å². The monoisotopic (exact) mass is 419 g/mol. The normalized spacial score (nSPS) is 25.9. The number of piperazine rings is 1. The van der Waals surface area contributed by atoms with Crippen molar-refractivity contribution in [1.29, 1.82) is 0 Å². The first-order valence-corrected chi connectivity index (χ1v) is 10.4. The molecule has 1 aliphatic carbocycles. The van der Waals surface area contributed by atoms with Gasteiger partial charge < -0.3 is 10.6 Å². The Morgan fingerprint density at radius 1 is 1.17 bits per heavy atom. The molecule has 0 spiro atoms. The van der Waals surface area contributed by atoms with Crippen LogP contribution in [0.4, 0.5) is 10.5 Å². The van der Waals surface area contributed by atoms with Gasteiger partial charge in [-0.05, 0) is 37.8 Å². The summed E-state index contributed by atoms with van der Waals surface area (Å²) < 4.78 is 0. The minimum absolute atomic E-state index is 0.110. The first-order chi connectivity index (χ1) is 13.9. The van der Waals surface area contributed by atoms with Gasteiger partial charge in [0.15, 0.2) is 0 Å². The molecule has 156 valence electrons. The predicted molar refractivity (Wildman–Crippen MR) is 109 cm³/mol. The Labute approximate surface area is 175 Å². The van der Waals surface area contributed by atoms with E-state index in [4.69, 9.17) is 11.6 Å². The maximum atomic E-state index is 12.7. The maximum absolute atomic E-state index is 12.7. The Bertz CT molecular complexity index is 822. The number of nitrogens with one attached hydrogen (secondary N) is 2. The SMILES string of the molecule is C[C@]1(C2CC2)NC(=O)N(CN2CCN(CC(=O)Nc3ccccc3Cl)CC2)C1=O. The van der Waals surface area contributed by atoms with E-state index in [2.05, 4.69) is 20.4 Å². The van der Waals surface area contributed by atoms with Gasteiger partial charge >= 0.3 is 6.03 Å². The molecule has 0 aromatic heterocycles. The number of amides is 4. The predicted octanol–water partition coefficient (Wildman–Crippen LogP) is 1.57. The lowest BCUT2D eigenvalue weighted by molar-refractivity contribution is -0.133. The molecule has 2 saturated heterocycles. The fraction of sp³-hybridized carbons (Fsp3) is 0.550. The van der Waals surface area contributed by atoms with Crippen LogP contribution in [0, 0.1) is 5.92 Å². The second-order valence-corrected chi connectivity index (χ2v) is 8.61. The number of hydrogen-bond acceptors (Lipinski definition) is 5. The van der Waals surface area contributed by atoms with Gasteiger partial charge in [-0.2, -0.15) is 0 Å². The van der Waals surface area contributed by atoms with E-state index in [1.807, 2.05) is 19.1 Å². The molecular formula is C20H26ClN5O3. The van der Waals surface area contributed by atoms with E-state index in [0.29, 0.717) is 43.6 Å². The highest BCUT2D eigenvalue weighted by Gasteiger charge is 2.56. The van der Waals surface area contributed by atoms with E-state index in [0.717, 1.165) is 12.8 Å². The lowest BCUT2D eigenvalue weighted by atomic mass is 9.96. The second-order valence-electron chi connectivity index (χ2n) is 8.20. The van der Waals surface area contributed by atoms with Crippen LogP contribution in [0.2, 0.25) is 5.02 Å². The summed E-state index contributed by atoms with van der Waals surface area (Å²) in [5, 5.41) is 6.22. The molecule has 3 aliphatic rings. The van der Waals surface area contributed by atoms with Crippen molar-refractivity contribution >= 4 is 35.1 Å². The first kappa shape index (κ1) is 20.1. The van der Waals surface area contributed by atoms with Crippen molar-refractivity contribution in [3.63, 3.8) is 0 Å². The summed E-state index contributed by atoms with van der Waals surface area (Å²) >= 11 is 6.08. The molecule has 3 fully saturated rings. The van der Waals surface area contributed by atoms with Crippen LogP contribution in [0.15, 0.2) is 24.3 Å². The van der Waals surface area contributed by atoms with Crippen molar-refractivity contribution < 1.29 is 14.4 Å². The molecular weight excluding hydrogens is 394 g/mol. The van der Waals surface area contributed by atoms with Gasteiger partial charge in [-0.1, -0.05) is 23.7 Å². The Morgan fingerprint density at radius 3 is 2.48 bits per heavy atom. The Kier molecular flexibility index (Phi) is 5.50. The zero-order valence-electron chi connectivity index (χ0n) is 16.5. The van der Waals surface area contributed by atoms with Crippen LogP contribution in [0.3, 0.4) is 0 Å². The number of benzene rings is 1. The Morgan fingerprint density at radius 2 is 1.83 bits per heavy atom. The van der Waals surface area contributed by atoms with Crippen molar-refractivity contribution in [3.05, 3.63) is 29.3 Å². The van der Waals surface area contributed by atoms with Crippen LogP contribution in [-0.4, -0.2) is 77.5 Å². The van der Waals surface area contributed by atoms with Crippen LogP contribution in [0.5, 0.6) is 0 Å². The molecule has 1 saturated carbocycles. The number of carbonyl (C=O) groups excluding carboxylic acids is 3. The molecule has 9 heteroatoms. The average molecular weight is 420 g/mol. The van der Waals surface area contributed by atoms with Crippen LogP contribution in [-0.2, 0) is 9.59 Å². The van der Waals surface area contributed by atoms with E-state index in [-0.39, 0.29) is 30.3 Å². The van der Waals surface area contributed by atoms with Crippen molar-refractivity contribution in [3.8, 4) is 0 Å². The summed E-state index contributed by atoms with van der Waals surface area (Å²) in [4.78, 5) is 42.8. The molecule has 4 rings (SSSR count). The lowest BCUT2D eigenvalue weighted by Crippen LogP contribution is -2.53.